The van der Waals surface area contributed by atoms with Crippen LogP contribution in [0.2, 0.25) is 5.02 Å². The lowest BCUT2D eigenvalue weighted by atomic mass is 10.2. The van der Waals surface area contributed by atoms with Crippen LogP contribution in [0.25, 0.3) is 11.0 Å². The Balaban J connectivity index is 2.36. The van der Waals surface area contributed by atoms with Gasteiger partial charge in [-0.15, -0.1) is 0 Å². The molecule has 0 amide bonds. The fraction of sp³-hybridized carbons (Fsp3) is 0.300. The molecule has 0 atom stereocenters. The van der Waals surface area contributed by atoms with E-state index < -0.39 is 0 Å². The third-order valence-corrected chi connectivity index (χ3v) is 3.01. The lowest BCUT2D eigenvalue weighted by molar-refractivity contribution is 0.0830. The molecule has 0 fully saturated rings. The van der Waals surface area contributed by atoms with Gasteiger partial charge in [-0.05, 0) is 12.1 Å². The molecule has 0 aliphatic carbocycles. The molecular weight excluding hydrogens is 214 g/mol. The smallest absolute Gasteiger partial charge is 0.136 e. The number of halogens is 1. The Morgan fingerprint density at radius 2 is 2.33 bits per heavy atom. The molecule has 2 heterocycles. The minimum absolute atomic E-state index is 0.547. The van der Waals surface area contributed by atoms with Crippen molar-refractivity contribution in [3.05, 3.63) is 23.0 Å². The van der Waals surface area contributed by atoms with Crippen LogP contribution in [0.1, 0.15) is 5.82 Å². The molecule has 5 heteroatoms. The molecule has 1 aromatic heterocycles. The number of ether oxygens (including phenoxy) is 1. The Hall–Kier alpha value is -1.26. The first-order valence-electron chi connectivity index (χ1n) is 4.78. The molecule has 1 aliphatic rings. The molecule has 0 saturated carbocycles. The maximum Gasteiger partial charge on any atom is 0.136 e. The van der Waals surface area contributed by atoms with E-state index in [1.807, 2.05) is 12.1 Å². The Kier molecular flexibility index (Phi) is 1.87. The molecule has 0 radical (unpaired) electrons. The van der Waals surface area contributed by atoms with Crippen molar-refractivity contribution < 1.29 is 4.74 Å². The molecule has 1 aromatic carbocycles. The average Bonchev–Trinajstić information content (AvgIpc) is 2.63. The number of anilines is 1. The predicted octanol–water partition coefficient (Wildman–Crippen LogP) is 1.80. The monoisotopic (exact) mass is 223 g/mol. The largest absolute Gasteiger partial charge is 0.396 e. The quantitative estimate of drug-likeness (QED) is 0.693. The van der Waals surface area contributed by atoms with Gasteiger partial charge in [0, 0.05) is 6.54 Å². The summed E-state index contributed by atoms with van der Waals surface area (Å²) in [6.45, 7) is 2.10. The van der Waals surface area contributed by atoms with E-state index >= 15 is 0 Å². The van der Waals surface area contributed by atoms with Crippen LogP contribution in [0.4, 0.5) is 5.69 Å². The van der Waals surface area contributed by atoms with E-state index in [1.54, 1.807) is 0 Å². The molecule has 0 bridgehead atoms. The lowest BCUT2D eigenvalue weighted by Crippen LogP contribution is -2.16. The zero-order chi connectivity index (χ0) is 10.4. The van der Waals surface area contributed by atoms with Crippen molar-refractivity contribution in [3.63, 3.8) is 0 Å². The summed E-state index contributed by atoms with van der Waals surface area (Å²) in [5.74, 6) is 0.921. The van der Waals surface area contributed by atoms with Gasteiger partial charge >= 0.3 is 0 Å². The van der Waals surface area contributed by atoms with Crippen molar-refractivity contribution in [3.8, 4) is 0 Å². The highest BCUT2D eigenvalue weighted by atomic mass is 35.5. The molecule has 0 spiro atoms. The van der Waals surface area contributed by atoms with Crippen molar-refractivity contribution in [1.29, 1.82) is 0 Å². The van der Waals surface area contributed by atoms with Crippen LogP contribution < -0.4 is 5.73 Å². The van der Waals surface area contributed by atoms with Crippen molar-refractivity contribution in [2.24, 2.45) is 0 Å². The summed E-state index contributed by atoms with van der Waals surface area (Å²) < 4.78 is 7.47. The van der Waals surface area contributed by atoms with E-state index in [1.165, 1.54) is 0 Å². The second-order valence-corrected chi connectivity index (χ2v) is 3.97. The minimum atomic E-state index is 0.547. The number of benzene rings is 1. The van der Waals surface area contributed by atoms with Crippen molar-refractivity contribution in [2.75, 3.05) is 12.3 Å². The maximum absolute atomic E-state index is 5.95. The third kappa shape index (κ3) is 1.22. The summed E-state index contributed by atoms with van der Waals surface area (Å²) in [4.78, 5) is 4.44. The van der Waals surface area contributed by atoms with Crippen LogP contribution in [0.3, 0.4) is 0 Å². The van der Waals surface area contributed by atoms with Crippen LogP contribution in [-0.4, -0.2) is 16.2 Å². The second kappa shape index (κ2) is 3.12. The van der Waals surface area contributed by atoms with E-state index in [4.69, 9.17) is 22.1 Å². The molecule has 15 heavy (non-hydrogen) atoms. The van der Waals surface area contributed by atoms with E-state index in [2.05, 4.69) is 9.55 Å². The number of nitrogens with two attached hydrogens (primary N) is 1. The summed E-state index contributed by atoms with van der Waals surface area (Å²) in [5, 5.41) is 0.555. The Bertz CT molecular complexity index is 535. The van der Waals surface area contributed by atoms with Crippen molar-refractivity contribution in [1.82, 2.24) is 9.55 Å². The van der Waals surface area contributed by atoms with Crippen LogP contribution in [0.5, 0.6) is 0 Å². The number of hydrogen-bond donors (Lipinski definition) is 1. The van der Waals surface area contributed by atoms with Crippen LogP contribution >= 0.6 is 11.6 Å². The number of rotatable bonds is 0. The van der Waals surface area contributed by atoms with Gasteiger partial charge in [0.15, 0.2) is 0 Å². The molecular formula is C10H10ClN3O. The van der Waals surface area contributed by atoms with Gasteiger partial charge < -0.3 is 15.0 Å². The number of nitrogens with zero attached hydrogens (tertiary/aromatic N) is 2. The molecule has 0 saturated heterocycles. The summed E-state index contributed by atoms with van der Waals surface area (Å²) >= 11 is 5.95. The highest BCUT2D eigenvalue weighted by molar-refractivity contribution is 6.34. The minimum Gasteiger partial charge on any atom is -0.396 e. The lowest BCUT2D eigenvalue weighted by Gasteiger charge is -2.14. The van der Waals surface area contributed by atoms with Crippen molar-refractivity contribution in [2.45, 2.75) is 13.2 Å². The first-order valence-corrected chi connectivity index (χ1v) is 5.16. The molecule has 3 rings (SSSR count). The fourth-order valence-electron chi connectivity index (χ4n) is 1.91. The van der Waals surface area contributed by atoms with Gasteiger partial charge in [0.2, 0.25) is 0 Å². The van der Waals surface area contributed by atoms with Gasteiger partial charge in [-0.3, -0.25) is 0 Å². The number of nitrogen functional groups attached to an aromatic ring is 1. The van der Waals surface area contributed by atoms with Gasteiger partial charge in [-0.1, -0.05) is 11.6 Å². The standard InChI is InChI=1S/C10H10ClN3O/c11-6-1-2-7-10(9(6)12)13-8-5-15-4-3-14(7)8/h1-2H,3-5,12H2. The Morgan fingerprint density at radius 3 is 3.20 bits per heavy atom. The van der Waals surface area contributed by atoms with Crippen LogP contribution in [0, 0.1) is 0 Å². The normalized spacial score (nSPS) is 15.5. The average molecular weight is 224 g/mol. The highest BCUT2D eigenvalue weighted by Crippen LogP contribution is 2.29. The molecule has 0 unspecified atom stereocenters. The SMILES string of the molecule is Nc1c(Cl)ccc2c1nc1n2CCOC1. The fourth-order valence-corrected chi connectivity index (χ4v) is 2.07. The van der Waals surface area contributed by atoms with Crippen LogP contribution in [-0.2, 0) is 17.9 Å². The zero-order valence-corrected chi connectivity index (χ0v) is 8.79. The number of hydrogen-bond acceptors (Lipinski definition) is 3. The topological polar surface area (TPSA) is 53.1 Å². The molecule has 4 nitrogen and oxygen atoms in total. The van der Waals surface area contributed by atoms with Gasteiger partial charge in [0.05, 0.1) is 22.8 Å². The summed E-state index contributed by atoms with van der Waals surface area (Å²) in [7, 11) is 0. The van der Waals surface area contributed by atoms with Gasteiger partial charge in [-0.2, -0.15) is 0 Å². The van der Waals surface area contributed by atoms with E-state index in [0.717, 1.165) is 30.0 Å². The second-order valence-electron chi connectivity index (χ2n) is 3.56. The third-order valence-electron chi connectivity index (χ3n) is 2.68. The highest BCUT2D eigenvalue weighted by Gasteiger charge is 2.16. The number of aromatic nitrogens is 2. The van der Waals surface area contributed by atoms with Crippen molar-refractivity contribution >= 4 is 28.3 Å². The summed E-state index contributed by atoms with van der Waals surface area (Å²) in [6, 6.07) is 3.76. The first-order chi connectivity index (χ1) is 7.27. The molecule has 78 valence electrons. The maximum atomic E-state index is 5.95. The number of fused-ring (bicyclic) bond motifs is 3. The summed E-state index contributed by atoms with van der Waals surface area (Å²) in [6.07, 6.45) is 0. The van der Waals surface area contributed by atoms with E-state index in [0.29, 0.717) is 17.3 Å². The molecule has 1 aliphatic heterocycles. The first kappa shape index (κ1) is 9.00. The van der Waals surface area contributed by atoms with E-state index in [-0.39, 0.29) is 0 Å². The Morgan fingerprint density at radius 1 is 1.47 bits per heavy atom. The van der Waals surface area contributed by atoms with Gasteiger partial charge in [0.25, 0.3) is 0 Å². The predicted molar refractivity (Wildman–Crippen MR) is 58.8 cm³/mol. The van der Waals surface area contributed by atoms with Crippen LogP contribution in [0.15, 0.2) is 12.1 Å². The summed E-state index contributed by atoms with van der Waals surface area (Å²) in [5.41, 5.74) is 8.25. The number of imidazole rings is 1. The van der Waals surface area contributed by atoms with Gasteiger partial charge in [-0.25, -0.2) is 4.98 Å². The molecule has 2 aromatic rings. The Labute approximate surface area is 91.6 Å². The molecule has 2 N–H and O–H groups in total. The zero-order valence-electron chi connectivity index (χ0n) is 8.03. The van der Waals surface area contributed by atoms with E-state index in [9.17, 15) is 0 Å². The van der Waals surface area contributed by atoms with Gasteiger partial charge in [0.1, 0.15) is 17.9 Å².